The van der Waals surface area contributed by atoms with Crippen molar-refractivity contribution >= 4 is 29.5 Å². The Morgan fingerprint density at radius 1 is 1.15 bits per heavy atom. The number of aromatic nitrogens is 4. The normalized spacial score (nSPS) is 13.2. The lowest BCUT2D eigenvalue weighted by Crippen LogP contribution is -2.58. The van der Waals surface area contributed by atoms with E-state index in [2.05, 4.69) is 31.2 Å². The highest BCUT2D eigenvalue weighted by atomic mass is 19.1. The van der Waals surface area contributed by atoms with Gasteiger partial charge in [0.15, 0.2) is 5.69 Å². The van der Waals surface area contributed by atoms with Crippen LogP contribution in [0.2, 0.25) is 0 Å². The molecule has 2 aromatic heterocycles. The molecule has 0 saturated carbocycles. The van der Waals surface area contributed by atoms with E-state index in [9.17, 15) is 29.1 Å². The van der Waals surface area contributed by atoms with Gasteiger partial charge in [-0.15, -0.1) is 0 Å². The molecule has 3 atom stereocenters. The van der Waals surface area contributed by atoms with E-state index in [1.165, 1.54) is 42.5 Å². The summed E-state index contributed by atoms with van der Waals surface area (Å²) >= 11 is 0. The zero-order valence-electron chi connectivity index (χ0n) is 25.1. The molecule has 0 radical (unpaired) electrons. The molecule has 3 unspecified atom stereocenters. The van der Waals surface area contributed by atoms with E-state index in [1.54, 1.807) is 50.3 Å². The highest BCUT2D eigenvalue weighted by Gasteiger charge is 2.31. The SMILES string of the molecule is Cc1ccc(CNC(=O)C(COc2cccc(C=C(C#N)n3cncn3)c2)NC(=O)C(NC(=O)c2cc(C)on2)C(C)O)c(F)c1. The van der Waals surface area contributed by atoms with Crippen LogP contribution in [0.3, 0.4) is 0 Å². The van der Waals surface area contributed by atoms with Crippen LogP contribution in [0.25, 0.3) is 11.8 Å². The number of hydrogen-bond donors (Lipinski definition) is 4. The van der Waals surface area contributed by atoms with Gasteiger partial charge in [-0.1, -0.05) is 29.4 Å². The molecule has 0 saturated heterocycles. The molecule has 3 amide bonds. The number of nitrogens with one attached hydrogen (secondary N) is 3. The van der Waals surface area contributed by atoms with Crippen LogP contribution in [-0.4, -0.2) is 67.5 Å². The number of allylic oxidation sites excluding steroid dienone is 1. The van der Waals surface area contributed by atoms with Crippen molar-refractivity contribution in [3.8, 4) is 11.8 Å². The summed E-state index contributed by atoms with van der Waals surface area (Å²) in [5.74, 6) is -2.24. The molecule has 2 aromatic carbocycles. The topological polar surface area (TPSA) is 197 Å². The summed E-state index contributed by atoms with van der Waals surface area (Å²) in [5.41, 5.74) is 1.59. The Morgan fingerprint density at radius 2 is 1.96 bits per heavy atom. The molecular formula is C31H31FN8O6. The average molecular weight is 631 g/mol. The smallest absolute Gasteiger partial charge is 0.274 e. The number of halogens is 1. The Morgan fingerprint density at radius 3 is 2.61 bits per heavy atom. The zero-order valence-corrected chi connectivity index (χ0v) is 25.1. The van der Waals surface area contributed by atoms with Crippen LogP contribution >= 0.6 is 0 Å². The molecule has 0 bridgehead atoms. The Bertz CT molecular complexity index is 1760. The number of aryl methyl sites for hydroxylation is 2. The third-order valence-corrected chi connectivity index (χ3v) is 6.56. The maximum atomic E-state index is 14.4. The predicted molar refractivity (Wildman–Crippen MR) is 161 cm³/mol. The van der Waals surface area contributed by atoms with Gasteiger partial charge in [-0.05, 0) is 56.2 Å². The van der Waals surface area contributed by atoms with Crippen LogP contribution in [-0.2, 0) is 16.1 Å². The van der Waals surface area contributed by atoms with Gasteiger partial charge in [-0.25, -0.2) is 14.1 Å². The fourth-order valence-electron chi connectivity index (χ4n) is 4.15. The van der Waals surface area contributed by atoms with Gasteiger partial charge in [0.05, 0.1) is 6.10 Å². The van der Waals surface area contributed by atoms with Crippen molar-refractivity contribution in [3.63, 3.8) is 0 Å². The average Bonchev–Trinajstić information content (AvgIpc) is 3.72. The van der Waals surface area contributed by atoms with Crippen LogP contribution in [0.5, 0.6) is 5.75 Å². The molecule has 4 N–H and O–H groups in total. The third-order valence-electron chi connectivity index (χ3n) is 6.56. The Labute approximate surface area is 262 Å². The summed E-state index contributed by atoms with van der Waals surface area (Å²) in [7, 11) is 0. The van der Waals surface area contributed by atoms with Gasteiger partial charge in [0, 0.05) is 18.2 Å². The summed E-state index contributed by atoms with van der Waals surface area (Å²) < 4.78 is 26.5. The minimum absolute atomic E-state index is 0.106. The van der Waals surface area contributed by atoms with Crippen molar-refractivity contribution in [2.45, 2.75) is 45.5 Å². The number of carbonyl (C=O) groups is 3. The molecule has 14 nitrogen and oxygen atoms in total. The first-order chi connectivity index (χ1) is 22.0. The number of nitrogens with zero attached hydrogens (tertiary/aromatic N) is 5. The number of nitriles is 1. The lowest BCUT2D eigenvalue weighted by Gasteiger charge is -2.24. The number of rotatable bonds is 13. The first-order valence-electron chi connectivity index (χ1n) is 14.0. The Balaban J connectivity index is 1.51. The van der Waals surface area contributed by atoms with Gasteiger partial charge in [0.2, 0.25) is 11.8 Å². The summed E-state index contributed by atoms with van der Waals surface area (Å²) in [5, 5.41) is 34.9. The summed E-state index contributed by atoms with van der Waals surface area (Å²) in [6.45, 7) is 4.03. The minimum Gasteiger partial charge on any atom is -0.491 e. The van der Waals surface area contributed by atoms with Crippen LogP contribution in [0, 0.1) is 31.0 Å². The quantitative estimate of drug-likeness (QED) is 0.158. The molecule has 0 aliphatic heterocycles. The summed E-state index contributed by atoms with van der Waals surface area (Å²) in [4.78, 5) is 43.1. The Kier molecular flexibility index (Phi) is 10.9. The molecule has 238 valence electrons. The van der Waals surface area contributed by atoms with E-state index in [1.807, 2.05) is 6.07 Å². The van der Waals surface area contributed by atoms with E-state index in [0.717, 1.165) is 0 Å². The van der Waals surface area contributed by atoms with Crippen molar-refractivity contribution in [1.82, 2.24) is 35.9 Å². The third kappa shape index (κ3) is 8.83. The monoisotopic (exact) mass is 630 g/mol. The van der Waals surface area contributed by atoms with Crippen LogP contribution < -0.4 is 20.7 Å². The van der Waals surface area contributed by atoms with Gasteiger partial charge < -0.3 is 30.3 Å². The number of aliphatic hydroxyl groups is 1. The zero-order chi connectivity index (χ0) is 33.2. The van der Waals surface area contributed by atoms with Crippen molar-refractivity contribution < 1.29 is 33.1 Å². The highest BCUT2D eigenvalue weighted by Crippen LogP contribution is 2.18. The van der Waals surface area contributed by atoms with Crippen molar-refractivity contribution in [2.75, 3.05) is 6.61 Å². The first kappa shape index (κ1) is 33.0. The molecule has 4 aromatic rings. The van der Waals surface area contributed by atoms with Crippen molar-refractivity contribution in [2.24, 2.45) is 0 Å². The van der Waals surface area contributed by atoms with E-state index >= 15 is 0 Å². The standard InChI is InChI=1S/C31H31FN8O6/c1-18-7-8-22(25(32)9-18)14-35-29(42)27(37-31(44)28(20(3)41)38-30(43)26-10-19(2)46-39-26)15-45-24-6-4-5-21(12-24)11-23(13-33)40-17-34-16-36-40/h4-12,16-17,20,27-28,41H,14-15H2,1-3H3,(H,35,42)(H,37,44)(H,38,43). The summed E-state index contributed by atoms with van der Waals surface area (Å²) in [6.07, 6.45) is 2.85. The number of carbonyl (C=O) groups excluding carboxylic acids is 3. The second-order valence-electron chi connectivity index (χ2n) is 10.3. The van der Waals surface area contributed by atoms with Crippen LogP contribution in [0.4, 0.5) is 4.39 Å². The van der Waals surface area contributed by atoms with E-state index in [0.29, 0.717) is 22.6 Å². The fourth-order valence-corrected chi connectivity index (χ4v) is 4.15. The van der Waals surface area contributed by atoms with Crippen molar-refractivity contribution in [1.29, 1.82) is 5.26 Å². The molecular weight excluding hydrogens is 599 g/mol. The minimum atomic E-state index is -1.48. The second-order valence-corrected chi connectivity index (χ2v) is 10.3. The first-order valence-corrected chi connectivity index (χ1v) is 14.0. The van der Waals surface area contributed by atoms with Gasteiger partial charge in [-0.3, -0.25) is 14.4 Å². The van der Waals surface area contributed by atoms with E-state index in [4.69, 9.17) is 9.26 Å². The lowest BCUT2D eigenvalue weighted by atomic mass is 10.1. The second kappa shape index (κ2) is 15.2. The van der Waals surface area contributed by atoms with Gasteiger partial charge in [0.25, 0.3) is 5.91 Å². The lowest BCUT2D eigenvalue weighted by molar-refractivity contribution is -0.132. The molecule has 46 heavy (non-hydrogen) atoms. The van der Waals surface area contributed by atoms with Gasteiger partial charge >= 0.3 is 0 Å². The predicted octanol–water partition coefficient (Wildman–Crippen LogP) is 1.90. The van der Waals surface area contributed by atoms with E-state index < -0.39 is 48.3 Å². The number of hydrogen-bond acceptors (Lipinski definition) is 10. The maximum Gasteiger partial charge on any atom is 0.274 e. The molecule has 0 fully saturated rings. The number of aliphatic hydroxyl groups excluding tert-OH is 1. The Hall–Kier alpha value is -5.88. The number of benzene rings is 2. The molecule has 0 aliphatic rings. The van der Waals surface area contributed by atoms with Crippen LogP contribution in [0.15, 0.2) is 65.7 Å². The molecule has 0 aliphatic carbocycles. The molecule has 2 heterocycles. The number of amides is 3. The fraction of sp³-hybridized carbons (Fsp3) is 0.258. The van der Waals surface area contributed by atoms with Gasteiger partial charge in [-0.2, -0.15) is 10.4 Å². The largest absolute Gasteiger partial charge is 0.491 e. The number of ether oxygens (including phenoxy) is 1. The van der Waals surface area contributed by atoms with E-state index in [-0.39, 0.29) is 23.5 Å². The highest BCUT2D eigenvalue weighted by molar-refractivity contribution is 5.97. The molecule has 4 rings (SSSR count). The molecule has 15 heteroatoms. The van der Waals surface area contributed by atoms with Crippen LogP contribution in [0.1, 0.15) is 39.9 Å². The molecule has 0 spiro atoms. The maximum absolute atomic E-state index is 14.4. The summed E-state index contributed by atoms with van der Waals surface area (Å²) in [6, 6.07) is 11.7. The van der Waals surface area contributed by atoms with Gasteiger partial charge in [0.1, 0.15) is 60.4 Å². The van der Waals surface area contributed by atoms with Crippen molar-refractivity contribution in [3.05, 3.63) is 95.1 Å².